The number of pyridine rings is 1. The summed E-state index contributed by atoms with van der Waals surface area (Å²) in [7, 11) is 4.06. The lowest BCUT2D eigenvalue weighted by atomic mass is 9.97. The van der Waals surface area contributed by atoms with Crippen LogP contribution >= 0.6 is 11.3 Å². The first-order valence-electron chi connectivity index (χ1n) is 8.54. The van der Waals surface area contributed by atoms with E-state index < -0.39 is 0 Å². The molecule has 0 saturated carbocycles. The first-order valence-corrected chi connectivity index (χ1v) is 9.42. The van der Waals surface area contributed by atoms with Gasteiger partial charge in [-0.3, -0.25) is 4.79 Å². The average molecular weight is 364 g/mol. The summed E-state index contributed by atoms with van der Waals surface area (Å²) in [6.07, 6.45) is 0. The molecular formula is C21H20N2O2S. The Hall–Kier alpha value is -2.63. The number of fused-ring (bicyclic) bond motifs is 3. The lowest BCUT2D eigenvalue weighted by molar-refractivity contribution is 0.262. The number of nitrogens with zero attached hydrogens (tertiary/aromatic N) is 1. The van der Waals surface area contributed by atoms with Crippen molar-refractivity contribution in [2.75, 3.05) is 27.2 Å². The van der Waals surface area contributed by atoms with Crippen LogP contribution in [0.2, 0.25) is 0 Å². The van der Waals surface area contributed by atoms with Crippen LogP contribution in [0.1, 0.15) is 0 Å². The number of likely N-dealkylation sites (N-methyl/N-ethyl adjacent to an activating group) is 1. The molecule has 4 nitrogen and oxygen atoms in total. The van der Waals surface area contributed by atoms with Gasteiger partial charge in [-0.2, -0.15) is 0 Å². The van der Waals surface area contributed by atoms with Crippen LogP contribution in [-0.4, -0.2) is 37.1 Å². The van der Waals surface area contributed by atoms with E-state index in [1.165, 1.54) is 11.3 Å². The summed E-state index contributed by atoms with van der Waals surface area (Å²) in [6, 6.07) is 16.1. The molecule has 2 aromatic heterocycles. The highest BCUT2D eigenvalue weighted by Gasteiger charge is 2.16. The van der Waals surface area contributed by atoms with Crippen LogP contribution in [0.15, 0.2) is 58.7 Å². The standard InChI is InChI=1S/C21H20N2O2S/c1-23(2)11-12-25-17-9-8-16-19(18(17)14-6-4-3-5-7-14)15-10-13-26-20(15)21(24)22-16/h3-10,13H,11-12H2,1-2H3,(H,22,24). The van der Waals surface area contributed by atoms with Gasteiger partial charge in [-0.1, -0.05) is 30.3 Å². The molecule has 5 heteroatoms. The van der Waals surface area contributed by atoms with E-state index in [9.17, 15) is 4.79 Å². The van der Waals surface area contributed by atoms with Crippen LogP contribution in [0.5, 0.6) is 5.75 Å². The van der Waals surface area contributed by atoms with E-state index in [4.69, 9.17) is 4.74 Å². The molecule has 0 atom stereocenters. The monoisotopic (exact) mass is 364 g/mol. The van der Waals surface area contributed by atoms with Crippen LogP contribution in [-0.2, 0) is 0 Å². The molecular weight excluding hydrogens is 344 g/mol. The van der Waals surface area contributed by atoms with Gasteiger partial charge in [-0.15, -0.1) is 11.3 Å². The molecule has 2 heterocycles. The summed E-state index contributed by atoms with van der Waals surface area (Å²) in [5, 5.41) is 3.98. The number of aromatic amines is 1. The van der Waals surface area contributed by atoms with Gasteiger partial charge in [0.2, 0.25) is 0 Å². The molecule has 2 aromatic carbocycles. The van der Waals surface area contributed by atoms with Gasteiger partial charge in [0.15, 0.2) is 0 Å². The highest BCUT2D eigenvalue weighted by molar-refractivity contribution is 7.17. The Morgan fingerprint density at radius 3 is 2.65 bits per heavy atom. The molecule has 0 aliphatic rings. The van der Waals surface area contributed by atoms with Crippen LogP contribution in [0.3, 0.4) is 0 Å². The third kappa shape index (κ3) is 3.00. The number of hydrogen-bond acceptors (Lipinski definition) is 4. The van der Waals surface area contributed by atoms with Crippen LogP contribution < -0.4 is 10.3 Å². The largest absolute Gasteiger partial charge is 0.492 e. The van der Waals surface area contributed by atoms with Crippen molar-refractivity contribution < 1.29 is 4.74 Å². The molecule has 0 saturated heterocycles. The van der Waals surface area contributed by atoms with E-state index in [1.807, 2.05) is 55.9 Å². The fourth-order valence-electron chi connectivity index (χ4n) is 3.18. The molecule has 26 heavy (non-hydrogen) atoms. The molecule has 0 aliphatic heterocycles. The maximum atomic E-state index is 12.4. The SMILES string of the molecule is CN(C)CCOc1ccc2[nH]c(=O)c3sccc3c2c1-c1ccccc1. The van der Waals surface area contributed by atoms with E-state index in [1.54, 1.807) is 0 Å². The Labute approximate surface area is 155 Å². The average Bonchev–Trinajstić information content (AvgIpc) is 3.13. The second kappa shape index (κ2) is 6.94. The van der Waals surface area contributed by atoms with Gasteiger partial charge >= 0.3 is 0 Å². The zero-order valence-corrected chi connectivity index (χ0v) is 15.6. The van der Waals surface area contributed by atoms with Crippen molar-refractivity contribution >= 4 is 32.3 Å². The molecule has 0 radical (unpaired) electrons. The van der Waals surface area contributed by atoms with Crippen molar-refractivity contribution in [3.63, 3.8) is 0 Å². The summed E-state index contributed by atoms with van der Waals surface area (Å²) in [5.41, 5.74) is 2.90. The molecule has 0 amide bonds. The number of hydrogen-bond donors (Lipinski definition) is 1. The van der Waals surface area contributed by atoms with E-state index in [-0.39, 0.29) is 5.56 Å². The molecule has 132 valence electrons. The highest BCUT2D eigenvalue weighted by Crippen LogP contribution is 2.40. The maximum absolute atomic E-state index is 12.4. The van der Waals surface area contributed by atoms with Gasteiger partial charge in [0, 0.05) is 28.4 Å². The normalized spacial score (nSPS) is 11.5. The number of aromatic nitrogens is 1. The Morgan fingerprint density at radius 1 is 1.08 bits per heavy atom. The minimum Gasteiger partial charge on any atom is -0.492 e. The van der Waals surface area contributed by atoms with Gasteiger partial charge in [0.1, 0.15) is 17.1 Å². The number of thiophene rings is 1. The maximum Gasteiger partial charge on any atom is 0.266 e. The molecule has 4 rings (SSSR count). The summed E-state index contributed by atoms with van der Waals surface area (Å²) in [4.78, 5) is 17.5. The van der Waals surface area contributed by atoms with Gasteiger partial charge in [0.25, 0.3) is 5.56 Å². The van der Waals surface area contributed by atoms with E-state index in [0.717, 1.165) is 44.4 Å². The lowest BCUT2D eigenvalue weighted by Crippen LogP contribution is -2.19. The fraction of sp³-hybridized carbons (Fsp3) is 0.190. The molecule has 1 N–H and O–H groups in total. The third-order valence-electron chi connectivity index (χ3n) is 4.41. The number of benzene rings is 2. The highest BCUT2D eigenvalue weighted by atomic mass is 32.1. The first-order chi connectivity index (χ1) is 12.6. The van der Waals surface area contributed by atoms with Crippen molar-refractivity contribution in [3.05, 3.63) is 64.3 Å². The molecule has 4 aromatic rings. The van der Waals surface area contributed by atoms with E-state index >= 15 is 0 Å². The summed E-state index contributed by atoms with van der Waals surface area (Å²) < 4.78 is 6.89. The topological polar surface area (TPSA) is 45.3 Å². The molecule has 0 fully saturated rings. The van der Waals surface area contributed by atoms with Crippen molar-refractivity contribution in [2.45, 2.75) is 0 Å². The lowest BCUT2D eigenvalue weighted by Gasteiger charge is -2.17. The second-order valence-corrected chi connectivity index (χ2v) is 7.41. The molecule has 0 aliphatic carbocycles. The van der Waals surface area contributed by atoms with Crippen LogP contribution in [0.4, 0.5) is 0 Å². The summed E-state index contributed by atoms with van der Waals surface area (Å²) in [5.74, 6) is 0.838. The van der Waals surface area contributed by atoms with Gasteiger partial charge in [-0.25, -0.2) is 0 Å². The minimum atomic E-state index is -0.0391. The zero-order valence-electron chi connectivity index (χ0n) is 14.8. The Balaban J connectivity index is 1.99. The molecule has 0 unspecified atom stereocenters. The van der Waals surface area contributed by atoms with Crippen molar-refractivity contribution in [1.82, 2.24) is 9.88 Å². The van der Waals surface area contributed by atoms with Crippen LogP contribution in [0, 0.1) is 0 Å². The minimum absolute atomic E-state index is 0.0391. The van der Waals surface area contributed by atoms with Gasteiger partial charge in [-0.05, 0) is 43.2 Å². The van der Waals surface area contributed by atoms with Crippen molar-refractivity contribution in [3.8, 4) is 16.9 Å². The first kappa shape index (κ1) is 16.8. The van der Waals surface area contributed by atoms with E-state index in [0.29, 0.717) is 6.61 Å². The van der Waals surface area contributed by atoms with Crippen molar-refractivity contribution in [2.24, 2.45) is 0 Å². The second-order valence-electron chi connectivity index (χ2n) is 6.50. The quantitative estimate of drug-likeness (QED) is 0.573. The Morgan fingerprint density at radius 2 is 1.88 bits per heavy atom. The van der Waals surface area contributed by atoms with Crippen LogP contribution in [0.25, 0.3) is 32.1 Å². The number of ether oxygens (including phenoxy) is 1. The van der Waals surface area contributed by atoms with Crippen molar-refractivity contribution in [1.29, 1.82) is 0 Å². The number of H-pyrrole nitrogens is 1. The predicted molar refractivity (Wildman–Crippen MR) is 109 cm³/mol. The van der Waals surface area contributed by atoms with Gasteiger partial charge < -0.3 is 14.6 Å². The fourth-order valence-corrected chi connectivity index (χ4v) is 3.97. The smallest absolute Gasteiger partial charge is 0.266 e. The number of rotatable bonds is 5. The van der Waals surface area contributed by atoms with Gasteiger partial charge in [0.05, 0.1) is 0 Å². The predicted octanol–water partition coefficient (Wildman–Crippen LogP) is 4.35. The molecule has 0 spiro atoms. The Bertz CT molecular complexity index is 1110. The summed E-state index contributed by atoms with van der Waals surface area (Å²) >= 11 is 1.47. The zero-order chi connectivity index (χ0) is 18.1. The van der Waals surface area contributed by atoms with E-state index in [2.05, 4.69) is 22.0 Å². The molecule has 0 bridgehead atoms. The summed E-state index contributed by atoms with van der Waals surface area (Å²) in [6.45, 7) is 1.44. The Kier molecular flexibility index (Phi) is 4.49. The number of nitrogens with one attached hydrogen (secondary N) is 1. The third-order valence-corrected chi connectivity index (χ3v) is 5.33.